The van der Waals surface area contributed by atoms with Gasteiger partial charge in [0, 0.05) is 18.7 Å². The Morgan fingerprint density at radius 3 is 2.89 bits per heavy atom. The molecule has 1 heterocycles. The molecule has 1 amide bonds. The van der Waals surface area contributed by atoms with Crippen molar-refractivity contribution in [3.63, 3.8) is 0 Å². The summed E-state index contributed by atoms with van der Waals surface area (Å²) in [4.78, 5) is 24.9. The van der Waals surface area contributed by atoms with Crippen molar-refractivity contribution >= 4 is 11.9 Å². The van der Waals surface area contributed by atoms with Gasteiger partial charge in [-0.15, -0.1) is 0 Å². The Balaban J connectivity index is 2.12. The summed E-state index contributed by atoms with van der Waals surface area (Å²) in [5.74, 6) is -0.797. The van der Waals surface area contributed by atoms with E-state index in [1.165, 1.54) is 0 Å². The summed E-state index contributed by atoms with van der Waals surface area (Å²) >= 11 is 0. The number of hydrogen-bond acceptors (Lipinski definition) is 3. The number of methoxy groups -OCH3 is 1. The molecule has 1 N–H and O–H groups in total. The molecule has 0 spiro atoms. The number of benzene rings is 1. The number of carboxylic acids is 1. The molecule has 1 aromatic carbocycles. The minimum atomic E-state index is -0.830. The first kappa shape index (κ1) is 13.4. The zero-order chi connectivity index (χ0) is 13.8. The second-order valence-corrected chi connectivity index (χ2v) is 4.66. The number of carboxylic acid groups (broad SMARTS) is 1. The van der Waals surface area contributed by atoms with Crippen LogP contribution < -0.4 is 4.74 Å². The third-order valence-electron chi connectivity index (χ3n) is 3.37. The summed E-state index contributed by atoms with van der Waals surface area (Å²) in [6.45, 7) is 0.894. The minimum absolute atomic E-state index is 0.134. The average Bonchev–Trinajstić information content (AvgIpc) is 2.46. The minimum Gasteiger partial charge on any atom is -0.497 e. The van der Waals surface area contributed by atoms with Crippen LogP contribution in [-0.4, -0.2) is 42.1 Å². The molecule has 0 aromatic heterocycles. The normalized spacial score (nSPS) is 19.0. The Bertz CT molecular complexity index is 486. The molecule has 5 heteroatoms. The zero-order valence-electron chi connectivity index (χ0n) is 10.8. The third kappa shape index (κ3) is 3.05. The molecule has 1 aromatic rings. The molecule has 0 unspecified atom stereocenters. The van der Waals surface area contributed by atoms with Crippen molar-refractivity contribution < 1.29 is 19.4 Å². The van der Waals surface area contributed by atoms with Gasteiger partial charge < -0.3 is 14.7 Å². The Morgan fingerprint density at radius 2 is 2.21 bits per heavy atom. The van der Waals surface area contributed by atoms with Gasteiger partial charge in [0.05, 0.1) is 13.0 Å². The molecule has 1 aliphatic rings. The van der Waals surface area contributed by atoms with Gasteiger partial charge in [0.1, 0.15) is 5.75 Å². The molecule has 0 radical (unpaired) electrons. The standard InChI is InChI=1S/C14H17NO4/c1-19-12-6-2-4-10(8-12)13(16)15-7-3-5-11(9-15)14(17)18/h2,4,6,8,11H,3,5,7,9H2,1H3,(H,17,18)/t11-/m0/s1. The van der Waals surface area contributed by atoms with E-state index in [1.807, 2.05) is 0 Å². The van der Waals surface area contributed by atoms with Crippen molar-refractivity contribution in [2.45, 2.75) is 12.8 Å². The number of nitrogens with zero attached hydrogens (tertiary/aromatic N) is 1. The van der Waals surface area contributed by atoms with Crippen molar-refractivity contribution in [2.24, 2.45) is 5.92 Å². The molecular weight excluding hydrogens is 246 g/mol. The predicted molar refractivity (Wildman–Crippen MR) is 69.3 cm³/mol. The van der Waals surface area contributed by atoms with E-state index >= 15 is 0 Å². The topological polar surface area (TPSA) is 66.8 Å². The molecule has 1 atom stereocenters. The van der Waals surface area contributed by atoms with Crippen molar-refractivity contribution in [1.29, 1.82) is 0 Å². The van der Waals surface area contributed by atoms with Gasteiger partial charge in [-0.25, -0.2) is 0 Å². The number of hydrogen-bond donors (Lipinski definition) is 1. The first-order valence-electron chi connectivity index (χ1n) is 6.28. The van der Waals surface area contributed by atoms with E-state index in [0.717, 1.165) is 6.42 Å². The SMILES string of the molecule is COc1cccc(C(=O)N2CCC[C@H](C(=O)O)C2)c1. The van der Waals surface area contributed by atoms with Crippen molar-refractivity contribution in [3.05, 3.63) is 29.8 Å². The van der Waals surface area contributed by atoms with Crippen molar-refractivity contribution in [3.8, 4) is 5.75 Å². The van der Waals surface area contributed by atoms with E-state index in [1.54, 1.807) is 36.3 Å². The molecule has 5 nitrogen and oxygen atoms in total. The molecule has 19 heavy (non-hydrogen) atoms. The number of amides is 1. The lowest BCUT2D eigenvalue weighted by Crippen LogP contribution is -2.42. The second-order valence-electron chi connectivity index (χ2n) is 4.66. The number of carbonyl (C=O) groups excluding carboxylic acids is 1. The lowest BCUT2D eigenvalue weighted by Gasteiger charge is -2.30. The highest BCUT2D eigenvalue weighted by Crippen LogP contribution is 2.20. The van der Waals surface area contributed by atoms with E-state index in [2.05, 4.69) is 0 Å². The van der Waals surface area contributed by atoms with E-state index in [9.17, 15) is 9.59 Å². The van der Waals surface area contributed by atoms with Gasteiger partial charge >= 0.3 is 5.97 Å². The van der Waals surface area contributed by atoms with Gasteiger partial charge in [-0.3, -0.25) is 9.59 Å². The molecule has 0 aliphatic carbocycles. The molecule has 0 saturated carbocycles. The van der Waals surface area contributed by atoms with Gasteiger partial charge in [0.2, 0.25) is 0 Å². The van der Waals surface area contributed by atoms with Gasteiger partial charge in [-0.1, -0.05) is 6.07 Å². The van der Waals surface area contributed by atoms with Crippen LogP contribution >= 0.6 is 0 Å². The van der Waals surface area contributed by atoms with Crippen LogP contribution in [0.1, 0.15) is 23.2 Å². The number of likely N-dealkylation sites (tertiary alicyclic amines) is 1. The number of carbonyl (C=O) groups is 2. The molecule has 1 fully saturated rings. The van der Waals surface area contributed by atoms with Gasteiger partial charge in [-0.2, -0.15) is 0 Å². The van der Waals surface area contributed by atoms with Crippen molar-refractivity contribution in [1.82, 2.24) is 4.90 Å². The second kappa shape index (κ2) is 5.73. The van der Waals surface area contributed by atoms with Crippen LogP contribution in [0.3, 0.4) is 0 Å². The van der Waals surface area contributed by atoms with Crippen LogP contribution in [-0.2, 0) is 4.79 Å². The highest BCUT2D eigenvalue weighted by atomic mass is 16.5. The summed E-state index contributed by atoms with van der Waals surface area (Å²) in [7, 11) is 1.55. The molecule has 1 saturated heterocycles. The number of aliphatic carboxylic acids is 1. The van der Waals surface area contributed by atoms with Crippen molar-refractivity contribution in [2.75, 3.05) is 20.2 Å². The molecular formula is C14H17NO4. The number of piperidine rings is 1. The fraction of sp³-hybridized carbons (Fsp3) is 0.429. The highest BCUT2D eigenvalue weighted by Gasteiger charge is 2.28. The maximum Gasteiger partial charge on any atom is 0.308 e. The highest BCUT2D eigenvalue weighted by molar-refractivity contribution is 5.95. The quantitative estimate of drug-likeness (QED) is 0.900. The first-order valence-corrected chi connectivity index (χ1v) is 6.28. The maximum absolute atomic E-state index is 12.3. The number of ether oxygens (including phenoxy) is 1. The molecule has 2 rings (SSSR count). The number of rotatable bonds is 3. The smallest absolute Gasteiger partial charge is 0.308 e. The Kier molecular flexibility index (Phi) is 4.04. The fourth-order valence-electron chi connectivity index (χ4n) is 2.30. The largest absolute Gasteiger partial charge is 0.497 e. The summed E-state index contributed by atoms with van der Waals surface area (Å²) in [6.07, 6.45) is 1.36. The van der Waals surface area contributed by atoms with E-state index < -0.39 is 11.9 Å². The van der Waals surface area contributed by atoms with Crippen LogP contribution in [0, 0.1) is 5.92 Å². The Labute approximate surface area is 111 Å². The lowest BCUT2D eigenvalue weighted by molar-refractivity contribution is -0.143. The van der Waals surface area contributed by atoms with Gasteiger partial charge in [0.25, 0.3) is 5.91 Å². The summed E-state index contributed by atoms with van der Waals surface area (Å²) in [5, 5.41) is 9.03. The zero-order valence-corrected chi connectivity index (χ0v) is 10.8. The van der Waals surface area contributed by atoms with Crippen LogP contribution in [0.5, 0.6) is 5.75 Å². The van der Waals surface area contributed by atoms with Gasteiger partial charge in [0.15, 0.2) is 0 Å². The van der Waals surface area contributed by atoms with Crippen LogP contribution in [0.25, 0.3) is 0 Å². The third-order valence-corrected chi connectivity index (χ3v) is 3.37. The molecule has 102 valence electrons. The van der Waals surface area contributed by atoms with Gasteiger partial charge in [-0.05, 0) is 31.0 Å². The summed E-state index contributed by atoms with van der Waals surface area (Å²) in [6, 6.07) is 6.92. The van der Waals surface area contributed by atoms with E-state index in [4.69, 9.17) is 9.84 Å². The summed E-state index contributed by atoms with van der Waals surface area (Å²) < 4.78 is 5.09. The van der Waals surface area contributed by atoms with Crippen LogP contribution in [0.4, 0.5) is 0 Å². The van der Waals surface area contributed by atoms with Crippen LogP contribution in [0.15, 0.2) is 24.3 Å². The van der Waals surface area contributed by atoms with E-state index in [0.29, 0.717) is 24.3 Å². The summed E-state index contributed by atoms with van der Waals surface area (Å²) in [5.41, 5.74) is 0.533. The predicted octanol–water partition coefficient (Wildman–Crippen LogP) is 1.63. The van der Waals surface area contributed by atoms with E-state index in [-0.39, 0.29) is 12.5 Å². The average molecular weight is 263 g/mol. The fourth-order valence-corrected chi connectivity index (χ4v) is 2.30. The molecule has 1 aliphatic heterocycles. The Hall–Kier alpha value is -2.04. The maximum atomic E-state index is 12.3. The Morgan fingerprint density at radius 1 is 1.42 bits per heavy atom. The lowest BCUT2D eigenvalue weighted by atomic mass is 9.97. The molecule has 0 bridgehead atoms. The van der Waals surface area contributed by atoms with Crippen LogP contribution in [0.2, 0.25) is 0 Å². The monoisotopic (exact) mass is 263 g/mol. The first-order chi connectivity index (χ1) is 9.11.